The Balaban J connectivity index is 4.45. The minimum atomic E-state index is -0.794. The van der Waals surface area contributed by atoms with Crippen LogP contribution in [0.4, 0.5) is 0 Å². The van der Waals surface area contributed by atoms with Crippen LogP contribution >= 0.6 is 0 Å². The minimum Gasteiger partial charge on any atom is -0.462 e. The highest BCUT2D eigenvalue weighted by atomic mass is 16.6. The number of ether oxygens (including phenoxy) is 3. The van der Waals surface area contributed by atoms with Gasteiger partial charge in [0.2, 0.25) is 0 Å². The van der Waals surface area contributed by atoms with Gasteiger partial charge in [0.1, 0.15) is 13.2 Å². The molecule has 0 saturated carbocycles. The van der Waals surface area contributed by atoms with Gasteiger partial charge in [-0.3, -0.25) is 14.4 Å². The zero-order valence-electron chi connectivity index (χ0n) is 44.9. The maximum absolute atomic E-state index is 12.9. The standard InChI is InChI=1S/C62H108O6/c1-4-7-10-13-16-19-22-25-28-31-34-37-40-43-46-49-52-55-61(64)67-58-59(57-66-60(63)54-51-48-45-42-39-36-33-30-27-24-21-18-15-12-9-6-3)68-62(65)56-53-50-47-44-41-38-35-32-29-26-23-20-17-14-11-8-5-2/h16-17,19-20,25-26,28-30,33,36,39,59H,4-15,18,21-24,27,31-32,34-35,37-38,40-58H2,1-3H3/b19-16-,20-17-,28-25-,29-26-,33-30-,39-36-. The summed E-state index contributed by atoms with van der Waals surface area (Å²) < 4.78 is 16.8. The van der Waals surface area contributed by atoms with Crippen molar-refractivity contribution in [3.63, 3.8) is 0 Å². The molecule has 0 N–H and O–H groups in total. The van der Waals surface area contributed by atoms with E-state index in [0.29, 0.717) is 19.3 Å². The first-order chi connectivity index (χ1) is 33.5. The summed E-state index contributed by atoms with van der Waals surface area (Å²) in [6, 6.07) is 0. The fourth-order valence-electron chi connectivity index (χ4n) is 8.02. The Morgan fingerprint density at radius 1 is 0.309 bits per heavy atom. The first-order valence-electron chi connectivity index (χ1n) is 29.0. The molecule has 6 heteroatoms. The molecule has 0 aliphatic carbocycles. The van der Waals surface area contributed by atoms with Gasteiger partial charge in [0.05, 0.1) is 0 Å². The fourth-order valence-corrected chi connectivity index (χ4v) is 8.02. The van der Waals surface area contributed by atoms with Crippen LogP contribution in [0.5, 0.6) is 0 Å². The van der Waals surface area contributed by atoms with Gasteiger partial charge in [-0.15, -0.1) is 0 Å². The second-order valence-corrected chi connectivity index (χ2v) is 19.2. The number of hydrogen-bond acceptors (Lipinski definition) is 6. The highest BCUT2D eigenvalue weighted by Crippen LogP contribution is 2.15. The molecule has 0 aromatic rings. The van der Waals surface area contributed by atoms with Gasteiger partial charge in [-0.25, -0.2) is 0 Å². The molecule has 6 nitrogen and oxygen atoms in total. The lowest BCUT2D eigenvalue weighted by Crippen LogP contribution is -2.30. The first-order valence-corrected chi connectivity index (χ1v) is 29.0. The molecule has 0 fully saturated rings. The molecule has 392 valence electrons. The lowest BCUT2D eigenvalue weighted by Gasteiger charge is -2.18. The van der Waals surface area contributed by atoms with Crippen molar-refractivity contribution in [1.82, 2.24) is 0 Å². The summed E-state index contributed by atoms with van der Waals surface area (Å²) in [5, 5.41) is 0. The molecular weight excluding hydrogens is 841 g/mol. The van der Waals surface area contributed by atoms with Gasteiger partial charge in [0.25, 0.3) is 0 Å². The third-order valence-electron chi connectivity index (χ3n) is 12.4. The van der Waals surface area contributed by atoms with Crippen molar-refractivity contribution in [2.75, 3.05) is 13.2 Å². The van der Waals surface area contributed by atoms with Crippen molar-refractivity contribution >= 4 is 17.9 Å². The highest BCUT2D eigenvalue weighted by Gasteiger charge is 2.19. The van der Waals surface area contributed by atoms with E-state index < -0.39 is 6.10 Å². The van der Waals surface area contributed by atoms with E-state index in [4.69, 9.17) is 14.2 Å². The van der Waals surface area contributed by atoms with E-state index in [1.54, 1.807) is 0 Å². The Kier molecular flexibility index (Phi) is 53.8. The van der Waals surface area contributed by atoms with Crippen molar-refractivity contribution in [3.05, 3.63) is 72.9 Å². The van der Waals surface area contributed by atoms with Gasteiger partial charge in [-0.2, -0.15) is 0 Å². The van der Waals surface area contributed by atoms with E-state index >= 15 is 0 Å². The predicted octanol–water partition coefficient (Wildman–Crippen LogP) is 19.4. The van der Waals surface area contributed by atoms with Crippen molar-refractivity contribution in [3.8, 4) is 0 Å². The van der Waals surface area contributed by atoms with Crippen LogP contribution in [-0.4, -0.2) is 37.2 Å². The largest absolute Gasteiger partial charge is 0.462 e. The summed E-state index contributed by atoms with van der Waals surface area (Å²) in [6.07, 6.45) is 71.7. The predicted molar refractivity (Wildman–Crippen MR) is 293 cm³/mol. The van der Waals surface area contributed by atoms with Crippen molar-refractivity contribution in [1.29, 1.82) is 0 Å². The van der Waals surface area contributed by atoms with E-state index in [0.717, 1.165) is 96.3 Å². The zero-order valence-corrected chi connectivity index (χ0v) is 44.9. The van der Waals surface area contributed by atoms with Crippen LogP contribution in [0.1, 0.15) is 284 Å². The Labute approximate surface area is 421 Å². The lowest BCUT2D eigenvalue weighted by molar-refractivity contribution is -0.167. The van der Waals surface area contributed by atoms with Crippen LogP contribution in [0, 0.1) is 0 Å². The van der Waals surface area contributed by atoms with E-state index in [1.165, 1.54) is 148 Å². The first kappa shape index (κ1) is 64.8. The van der Waals surface area contributed by atoms with Gasteiger partial charge in [0, 0.05) is 19.3 Å². The van der Waals surface area contributed by atoms with Gasteiger partial charge >= 0.3 is 17.9 Å². The average Bonchev–Trinajstić information content (AvgIpc) is 3.34. The molecule has 0 bridgehead atoms. The van der Waals surface area contributed by atoms with Crippen LogP contribution in [0.2, 0.25) is 0 Å². The van der Waals surface area contributed by atoms with Crippen molar-refractivity contribution in [2.24, 2.45) is 0 Å². The van der Waals surface area contributed by atoms with Gasteiger partial charge in [-0.05, 0) is 109 Å². The third-order valence-corrected chi connectivity index (χ3v) is 12.4. The molecular formula is C62H108O6. The average molecular weight is 950 g/mol. The van der Waals surface area contributed by atoms with E-state index in [-0.39, 0.29) is 31.1 Å². The van der Waals surface area contributed by atoms with Crippen LogP contribution < -0.4 is 0 Å². The summed E-state index contributed by atoms with van der Waals surface area (Å²) >= 11 is 0. The molecule has 1 atom stereocenters. The van der Waals surface area contributed by atoms with Crippen LogP contribution in [0.15, 0.2) is 72.9 Å². The monoisotopic (exact) mass is 949 g/mol. The van der Waals surface area contributed by atoms with Crippen LogP contribution in [0.25, 0.3) is 0 Å². The van der Waals surface area contributed by atoms with Crippen molar-refractivity contribution < 1.29 is 28.6 Å². The zero-order chi connectivity index (χ0) is 49.3. The van der Waals surface area contributed by atoms with Gasteiger partial charge in [0.15, 0.2) is 6.10 Å². The molecule has 0 saturated heterocycles. The van der Waals surface area contributed by atoms with Crippen LogP contribution in [-0.2, 0) is 28.6 Å². The molecule has 68 heavy (non-hydrogen) atoms. The summed E-state index contributed by atoms with van der Waals surface area (Å²) in [7, 11) is 0. The molecule has 0 aromatic heterocycles. The van der Waals surface area contributed by atoms with Gasteiger partial charge in [-0.1, -0.05) is 229 Å². The van der Waals surface area contributed by atoms with Gasteiger partial charge < -0.3 is 14.2 Å². The van der Waals surface area contributed by atoms with Crippen molar-refractivity contribution in [2.45, 2.75) is 290 Å². The number of esters is 3. The Bertz CT molecular complexity index is 1270. The Morgan fingerprint density at radius 2 is 0.574 bits per heavy atom. The molecule has 0 spiro atoms. The summed E-state index contributed by atoms with van der Waals surface area (Å²) in [5.74, 6) is -0.925. The summed E-state index contributed by atoms with van der Waals surface area (Å²) in [5.41, 5.74) is 0. The number of rotatable bonds is 52. The summed E-state index contributed by atoms with van der Waals surface area (Å²) in [6.45, 7) is 6.57. The number of hydrogen-bond donors (Lipinski definition) is 0. The minimum absolute atomic E-state index is 0.0910. The van der Waals surface area contributed by atoms with E-state index in [9.17, 15) is 14.4 Å². The molecule has 1 unspecified atom stereocenters. The lowest BCUT2D eigenvalue weighted by atomic mass is 10.1. The number of allylic oxidation sites excluding steroid dienone is 12. The highest BCUT2D eigenvalue weighted by molar-refractivity contribution is 5.71. The van der Waals surface area contributed by atoms with Crippen LogP contribution in [0.3, 0.4) is 0 Å². The second kappa shape index (κ2) is 56.4. The fraction of sp³-hybridized carbons (Fsp3) is 0.758. The Hall–Kier alpha value is -3.15. The summed E-state index contributed by atoms with van der Waals surface area (Å²) in [4.78, 5) is 38.2. The molecule has 0 amide bonds. The number of unbranched alkanes of at least 4 members (excludes halogenated alkanes) is 30. The smallest absolute Gasteiger partial charge is 0.306 e. The second-order valence-electron chi connectivity index (χ2n) is 19.2. The molecule has 0 heterocycles. The van der Waals surface area contributed by atoms with E-state index in [1.807, 2.05) is 0 Å². The topological polar surface area (TPSA) is 78.9 Å². The normalized spacial score (nSPS) is 12.6. The quantitative estimate of drug-likeness (QED) is 0.0199. The molecule has 0 aliphatic rings. The number of carbonyl (C=O) groups is 3. The number of carbonyl (C=O) groups excluding carboxylic acids is 3. The Morgan fingerprint density at radius 3 is 0.941 bits per heavy atom. The van der Waals surface area contributed by atoms with E-state index in [2.05, 4.69) is 93.7 Å². The molecule has 0 radical (unpaired) electrons. The SMILES string of the molecule is CCCCC/C=C\C/C=C\CCCCCCCCCC(=O)OCC(COC(=O)CCCCC/C=C\C=C/CCCCCCCCC)OC(=O)CCCCCCCCC/C=C\C/C=C\CCCCC. The third kappa shape index (κ3) is 53.8. The molecule has 0 aromatic carbocycles. The maximum Gasteiger partial charge on any atom is 0.306 e. The molecule has 0 aliphatic heterocycles. The maximum atomic E-state index is 12.9. The molecule has 0 rings (SSSR count).